The second-order valence-corrected chi connectivity index (χ2v) is 4.38. The number of amides is 1. The van der Waals surface area contributed by atoms with Crippen LogP contribution in [0.15, 0.2) is 18.3 Å². The lowest BCUT2D eigenvalue weighted by Crippen LogP contribution is -2.41. The lowest BCUT2D eigenvalue weighted by atomic mass is 9.99. The zero-order valence-electron chi connectivity index (χ0n) is 9.67. The molecule has 5 nitrogen and oxygen atoms in total. The van der Waals surface area contributed by atoms with Crippen molar-refractivity contribution >= 4 is 11.6 Å². The molecule has 2 rings (SSSR count). The number of carbonyl (C=O) groups is 1. The normalized spacial score (nSPS) is 20.3. The predicted molar refractivity (Wildman–Crippen MR) is 64.4 cm³/mol. The molecule has 0 spiro atoms. The Morgan fingerprint density at radius 3 is 3.18 bits per heavy atom. The Morgan fingerprint density at radius 1 is 1.65 bits per heavy atom. The molecular formula is C12H17N3O2. The van der Waals surface area contributed by atoms with Gasteiger partial charge in [0.05, 0.1) is 5.69 Å². The van der Waals surface area contributed by atoms with Crippen LogP contribution in [-0.4, -0.2) is 40.6 Å². The van der Waals surface area contributed by atoms with Crippen molar-refractivity contribution in [2.24, 2.45) is 5.92 Å². The van der Waals surface area contributed by atoms with Gasteiger partial charge in [0.2, 0.25) is 0 Å². The third-order valence-electron chi connectivity index (χ3n) is 3.11. The molecular weight excluding hydrogens is 218 g/mol. The fourth-order valence-electron chi connectivity index (χ4n) is 2.14. The Kier molecular flexibility index (Phi) is 3.58. The Balaban J connectivity index is 2.12. The van der Waals surface area contributed by atoms with E-state index in [9.17, 15) is 4.79 Å². The number of aliphatic hydroxyl groups excluding tert-OH is 1. The van der Waals surface area contributed by atoms with Crippen molar-refractivity contribution in [1.29, 1.82) is 0 Å². The smallest absolute Gasteiger partial charge is 0.274 e. The second kappa shape index (κ2) is 5.14. The second-order valence-electron chi connectivity index (χ2n) is 4.38. The van der Waals surface area contributed by atoms with Crippen LogP contribution in [0, 0.1) is 5.92 Å². The summed E-state index contributed by atoms with van der Waals surface area (Å²) in [4.78, 5) is 17.9. The Bertz CT molecular complexity index is 408. The summed E-state index contributed by atoms with van der Waals surface area (Å²) in [7, 11) is 0. The first-order chi connectivity index (χ1) is 8.22. The van der Waals surface area contributed by atoms with Gasteiger partial charge in [-0.05, 0) is 30.9 Å². The van der Waals surface area contributed by atoms with E-state index in [0.717, 1.165) is 12.8 Å². The van der Waals surface area contributed by atoms with Crippen LogP contribution in [0.1, 0.15) is 23.3 Å². The molecule has 1 aliphatic heterocycles. The topological polar surface area (TPSA) is 79.5 Å². The summed E-state index contributed by atoms with van der Waals surface area (Å²) in [5.41, 5.74) is 6.45. The van der Waals surface area contributed by atoms with Gasteiger partial charge < -0.3 is 15.7 Å². The first-order valence-electron chi connectivity index (χ1n) is 5.83. The summed E-state index contributed by atoms with van der Waals surface area (Å²) in [6.45, 7) is 1.43. The largest absolute Gasteiger partial charge is 0.397 e. The minimum atomic E-state index is -0.138. The third-order valence-corrected chi connectivity index (χ3v) is 3.11. The third kappa shape index (κ3) is 2.55. The van der Waals surface area contributed by atoms with Gasteiger partial charge in [0, 0.05) is 25.9 Å². The monoisotopic (exact) mass is 235 g/mol. The molecule has 1 atom stereocenters. The van der Waals surface area contributed by atoms with Crippen LogP contribution < -0.4 is 5.73 Å². The Morgan fingerprint density at radius 2 is 2.47 bits per heavy atom. The van der Waals surface area contributed by atoms with Gasteiger partial charge in [-0.1, -0.05) is 0 Å². The van der Waals surface area contributed by atoms with E-state index in [1.807, 2.05) is 0 Å². The van der Waals surface area contributed by atoms with Crippen LogP contribution in [0.5, 0.6) is 0 Å². The standard InChI is InChI=1S/C12H17N3O2/c13-10-4-1-5-14-11(10)12(17)15-6-2-3-9(7-15)8-16/h1,4-5,9,16H,2-3,6-8,13H2. The highest BCUT2D eigenvalue weighted by molar-refractivity contribution is 5.97. The molecule has 92 valence electrons. The number of hydrogen-bond acceptors (Lipinski definition) is 4. The molecule has 1 aromatic rings. The number of carbonyl (C=O) groups excluding carboxylic acids is 1. The quantitative estimate of drug-likeness (QED) is 0.782. The van der Waals surface area contributed by atoms with Crippen molar-refractivity contribution in [2.45, 2.75) is 12.8 Å². The predicted octanol–water partition coefficient (Wildman–Crippen LogP) is 0.508. The highest BCUT2D eigenvalue weighted by Crippen LogP contribution is 2.19. The van der Waals surface area contributed by atoms with Crippen molar-refractivity contribution in [3.05, 3.63) is 24.0 Å². The average Bonchev–Trinajstić information content (AvgIpc) is 2.38. The van der Waals surface area contributed by atoms with Gasteiger partial charge in [0.1, 0.15) is 0 Å². The fraction of sp³-hybridized carbons (Fsp3) is 0.500. The van der Waals surface area contributed by atoms with Gasteiger partial charge in [-0.3, -0.25) is 4.79 Å². The molecule has 2 heterocycles. The van der Waals surface area contributed by atoms with Gasteiger partial charge in [-0.25, -0.2) is 4.98 Å². The van der Waals surface area contributed by atoms with Crippen molar-refractivity contribution in [1.82, 2.24) is 9.88 Å². The molecule has 0 aliphatic carbocycles. The number of nitrogen functional groups attached to an aromatic ring is 1. The molecule has 5 heteroatoms. The van der Waals surface area contributed by atoms with E-state index >= 15 is 0 Å². The van der Waals surface area contributed by atoms with Crippen LogP contribution in [0.2, 0.25) is 0 Å². The number of pyridine rings is 1. The average molecular weight is 235 g/mol. The van der Waals surface area contributed by atoms with Gasteiger partial charge >= 0.3 is 0 Å². The Labute approximate surface area is 100 Å². The van der Waals surface area contributed by atoms with Crippen molar-refractivity contribution in [3.63, 3.8) is 0 Å². The molecule has 1 aliphatic rings. The van der Waals surface area contributed by atoms with E-state index < -0.39 is 0 Å². The molecule has 1 fully saturated rings. The summed E-state index contributed by atoms with van der Waals surface area (Å²) in [5.74, 6) is 0.0406. The SMILES string of the molecule is Nc1cccnc1C(=O)N1CCCC(CO)C1. The Hall–Kier alpha value is -1.62. The maximum Gasteiger partial charge on any atom is 0.274 e. The number of piperidine rings is 1. The number of nitrogens with two attached hydrogens (primary N) is 1. The van der Waals surface area contributed by atoms with E-state index in [-0.39, 0.29) is 18.4 Å². The molecule has 0 saturated carbocycles. The molecule has 17 heavy (non-hydrogen) atoms. The number of anilines is 1. The molecule has 1 amide bonds. The molecule has 0 bridgehead atoms. The van der Waals surface area contributed by atoms with E-state index in [1.54, 1.807) is 23.2 Å². The fourth-order valence-corrected chi connectivity index (χ4v) is 2.14. The number of rotatable bonds is 2. The van der Waals surface area contributed by atoms with Crippen LogP contribution in [0.25, 0.3) is 0 Å². The summed E-state index contributed by atoms with van der Waals surface area (Å²) in [5, 5.41) is 9.14. The highest BCUT2D eigenvalue weighted by Gasteiger charge is 2.25. The lowest BCUT2D eigenvalue weighted by Gasteiger charge is -2.31. The lowest BCUT2D eigenvalue weighted by molar-refractivity contribution is 0.0616. The summed E-state index contributed by atoms with van der Waals surface area (Å²) < 4.78 is 0. The van der Waals surface area contributed by atoms with Crippen LogP contribution in [0.4, 0.5) is 5.69 Å². The molecule has 0 radical (unpaired) electrons. The van der Waals surface area contributed by atoms with E-state index in [2.05, 4.69) is 4.98 Å². The minimum Gasteiger partial charge on any atom is -0.397 e. The zero-order valence-corrected chi connectivity index (χ0v) is 9.67. The molecule has 1 saturated heterocycles. The van der Waals surface area contributed by atoms with Crippen LogP contribution >= 0.6 is 0 Å². The van der Waals surface area contributed by atoms with E-state index in [4.69, 9.17) is 10.8 Å². The van der Waals surface area contributed by atoms with Gasteiger partial charge in [0.15, 0.2) is 5.69 Å². The molecule has 0 aromatic carbocycles. The summed E-state index contributed by atoms with van der Waals surface area (Å²) in [6, 6.07) is 3.38. The number of nitrogens with zero attached hydrogens (tertiary/aromatic N) is 2. The number of aromatic nitrogens is 1. The minimum absolute atomic E-state index is 0.126. The van der Waals surface area contributed by atoms with E-state index in [1.165, 1.54) is 0 Å². The van der Waals surface area contributed by atoms with Crippen LogP contribution in [0.3, 0.4) is 0 Å². The highest BCUT2D eigenvalue weighted by atomic mass is 16.3. The van der Waals surface area contributed by atoms with E-state index in [0.29, 0.717) is 24.5 Å². The van der Waals surface area contributed by atoms with Gasteiger partial charge in [0.25, 0.3) is 5.91 Å². The first kappa shape index (κ1) is 11.9. The van der Waals surface area contributed by atoms with Gasteiger partial charge in [-0.2, -0.15) is 0 Å². The molecule has 1 aromatic heterocycles. The number of likely N-dealkylation sites (tertiary alicyclic amines) is 1. The van der Waals surface area contributed by atoms with Gasteiger partial charge in [-0.15, -0.1) is 0 Å². The number of hydrogen-bond donors (Lipinski definition) is 2. The van der Waals surface area contributed by atoms with Crippen molar-refractivity contribution in [2.75, 3.05) is 25.4 Å². The maximum atomic E-state index is 12.2. The molecule has 1 unspecified atom stereocenters. The number of aliphatic hydroxyl groups is 1. The maximum absolute atomic E-state index is 12.2. The summed E-state index contributed by atoms with van der Waals surface area (Å²) in [6.07, 6.45) is 3.46. The van der Waals surface area contributed by atoms with Crippen molar-refractivity contribution in [3.8, 4) is 0 Å². The zero-order chi connectivity index (χ0) is 12.3. The van der Waals surface area contributed by atoms with Crippen LogP contribution in [-0.2, 0) is 0 Å². The first-order valence-corrected chi connectivity index (χ1v) is 5.83. The summed E-state index contributed by atoms with van der Waals surface area (Å²) >= 11 is 0. The molecule has 3 N–H and O–H groups in total. The van der Waals surface area contributed by atoms with Crippen molar-refractivity contribution < 1.29 is 9.90 Å².